The molecule has 128 valence electrons. The third-order valence-electron chi connectivity index (χ3n) is 3.36. The topological polar surface area (TPSA) is 79.6 Å². The normalized spacial score (nSPS) is 11.4. The van der Waals surface area contributed by atoms with Crippen LogP contribution < -0.4 is 0 Å². The predicted molar refractivity (Wildman–Crippen MR) is 99.3 cm³/mol. The highest BCUT2D eigenvalue weighted by Crippen LogP contribution is 2.10. The van der Waals surface area contributed by atoms with Crippen LogP contribution in [0.5, 0.6) is 5.75 Å². The molecule has 1 unspecified atom stereocenters. The maximum atomic E-state index is 12.2. The van der Waals surface area contributed by atoms with Crippen LogP contribution in [0.15, 0.2) is 82.3 Å². The highest BCUT2D eigenvalue weighted by Gasteiger charge is 2.06. The van der Waals surface area contributed by atoms with E-state index in [0.717, 1.165) is 5.56 Å². The molecule has 1 aromatic heterocycles. The van der Waals surface area contributed by atoms with Crippen LogP contribution in [-0.4, -0.2) is 20.2 Å². The van der Waals surface area contributed by atoms with Crippen LogP contribution in [-0.2, 0) is 10.6 Å². The van der Waals surface area contributed by atoms with Crippen molar-refractivity contribution in [3.05, 3.63) is 89.7 Å². The Balaban J connectivity index is 1.82. The first-order valence-electron chi connectivity index (χ1n) is 7.66. The number of carbonyl (C=O) groups is 1. The predicted octanol–water partition coefficient (Wildman–Crippen LogP) is 3.05. The number of phenols is 1. The highest BCUT2D eigenvalue weighted by molar-refractivity contribution is 7.75. The van der Waals surface area contributed by atoms with E-state index in [1.54, 1.807) is 60.7 Å². The third kappa shape index (κ3) is 4.56. The minimum absolute atomic E-state index is 0.166. The Morgan fingerprint density at radius 1 is 0.962 bits per heavy atom. The molecule has 0 aliphatic rings. The molecular formula is C20H14N2O3S. The molecule has 26 heavy (non-hydrogen) atoms. The monoisotopic (exact) mass is 362 g/mol. The standard InChI is InChI=1S/C20H14N2O3S/c23-18-10-8-15(9-11-18)6-7-16-12-17(14-21-13-16)20(24)22-26(25)19-4-2-1-3-5-19/h1-5,8-14,23,26H. The van der Waals surface area contributed by atoms with E-state index in [1.165, 1.54) is 12.4 Å². The summed E-state index contributed by atoms with van der Waals surface area (Å²) in [5, 5.41) is 9.26. The van der Waals surface area contributed by atoms with E-state index in [9.17, 15) is 14.1 Å². The average molecular weight is 362 g/mol. The van der Waals surface area contributed by atoms with Crippen molar-refractivity contribution in [3.63, 3.8) is 0 Å². The minimum Gasteiger partial charge on any atom is -0.508 e. The number of hydrogen-bond donors (Lipinski definition) is 2. The molecule has 0 saturated heterocycles. The molecule has 1 heterocycles. The van der Waals surface area contributed by atoms with Crippen molar-refractivity contribution in [2.45, 2.75) is 4.90 Å². The minimum atomic E-state index is -2.16. The number of amides is 1. The van der Waals surface area contributed by atoms with E-state index >= 15 is 0 Å². The van der Waals surface area contributed by atoms with Crippen molar-refractivity contribution in [2.24, 2.45) is 4.36 Å². The number of carbonyl (C=O) groups excluding carboxylic acids is 1. The quantitative estimate of drug-likeness (QED) is 0.542. The molecule has 0 radical (unpaired) electrons. The van der Waals surface area contributed by atoms with Crippen molar-refractivity contribution in [3.8, 4) is 17.6 Å². The first-order chi connectivity index (χ1) is 12.6. The van der Waals surface area contributed by atoms with Crippen molar-refractivity contribution in [2.75, 3.05) is 0 Å². The maximum absolute atomic E-state index is 12.2. The van der Waals surface area contributed by atoms with Gasteiger partial charge in [-0.15, -0.1) is 0 Å². The Morgan fingerprint density at radius 2 is 1.65 bits per heavy atom. The molecule has 5 nitrogen and oxygen atoms in total. The lowest BCUT2D eigenvalue weighted by molar-refractivity contribution is 0.100. The van der Waals surface area contributed by atoms with Crippen LogP contribution in [0.3, 0.4) is 0 Å². The SMILES string of the molecule is O=C(N=[SH](=O)c1ccccc1)c1cncc(C#Cc2ccc(O)cc2)c1. The third-order valence-corrected chi connectivity index (χ3v) is 4.47. The number of hydrogen-bond acceptors (Lipinski definition) is 4. The van der Waals surface area contributed by atoms with Gasteiger partial charge >= 0.3 is 0 Å². The number of nitrogens with zero attached hydrogens (tertiary/aromatic N) is 2. The summed E-state index contributed by atoms with van der Waals surface area (Å²) in [4.78, 5) is 16.7. The van der Waals surface area contributed by atoms with Gasteiger partial charge in [-0.3, -0.25) is 9.78 Å². The summed E-state index contributed by atoms with van der Waals surface area (Å²) >= 11 is 0. The van der Waals surface area contributed by atoms with Crippen LogP contribution in [0.1, 0.15) is 21.5 Å². The van der Waals surface area contributed by atoms with Gasteiger partial charge in [0.25, 0.3) is 5.91 Å². The number of aromatic hydroxyl groups is 1. The Labute approximate surface area is 152 Å². The average Bonchev–Trinajstić information content (AvgIpc) is 2.68. The fourth-order valence-electron chi connectivity index (χ4n) is 2.07. The van der Waals surface area contributed by atoms with Crippen LogP contribution in [0.2, 0.25) is 0 Å². The fraction of sp³-hybridized carbons (Fsp3) is 0. The highest BCUT2D eigenvalue weighted by atomic mass is 32.2. The van der Waals surface area contributed by atoms with Crippen LogP contribution in [0, 0.1) is 11.8 Å². The molecule has 1 atom stereocenters. The second-order valence-electron chi connectivity index (χ2n) is 5.27. The second-order valence-corrected chi connectivity index (χ2v) is 6.54. The Hall–Kier alpha value is -3.43. The molecule has 0 spiro atoms. The van der Waals surface area contributed by atoms with E-state index in [4.69, 9.17) is 0 Å². The van der Waals surface area contributed by atoms with E-state index in [1.807, 2.05) is 0 Å². The molecule has 0 saturated carbocycles. The van der Waals surface area contributed by atoms with Crippen LogP contribution >= 0.6 is 0 Å². The number of aromatic nitrogens is 1. The molecule has 2 aromatic carbocycles. The van der Waals surface area contributed by atoms with Crippen molar-refractivity contribution >= 4 is 16.5 Å². The van der Waals surface area contributed by atoms with E-state index in [0.29, 0.717) is 10.5 Å². The fourth-order valence-corrected chi connectivity index (χ4v) is 2.89. The molecule has 1 N–H and O–H groups in total. The summed E-state index contributed by atoms with van der Waals surface area (Å²) in [6.07, 6.45) is 2.90. The molecule has 3 rings (SSSR count). The Kier molecular flexibility index (Phi) is 5.42. The molecule has 0 fully saturated rings. The molecule has 0 bridgehead atoms. The van der Waals surface area contributed by atoms with E-state index in [-0.39, 0.29) is 11.3 Å². The number of pyridine rings is 1. The second kappa shape index (κ2) is 8.10. The largest absolute Gasteiger partial charge is 0.508 e. The summed E-state index contributed by atoms with van der Waals surface area (Å²) in [5.41, 5.74) is 1.48. The van der Waals surface area contributed by atoms with Crippen molar-refractivity contribution < 1.29 is 14.1 Å². The van der Waals surface area contributed by atoms with Gasteiger partial charge in [0.2, 0.25) is 0 Å². The van der Waals surface area contributed by atoms with Crippen LogP contribution in [0.25, 0.3) is 0 Å². The zero-order valence-corrected chi connectivity index (χ0v) is 14.4. The number of thiol groups is 1. The van der Waals surface area contributed by atoms with Crippen molar-refractivity contribution in [1.29, 1.82) is 0 Å². The van der Waals surface area contributed by atoms with Gasteiger partial charge < -0.3 is 5.11 Å². The molecule has 3 aromatic rings. The van der Waals surface area contributed by atoms with E-state index < -0.39 is 16.5 Å². The van der Waals surface area contributed by atoms with Crippen LogP contribution in [0.4, 0.5) is 0 Å². The molecule has 1 amide bonds. The lowest BCUT2D eigenvalue weighted by Gasteiger charge is -1.97. The van der Waals surface area contributed by atoms with Crippen molar-refractivity contribution in [1.82, 2.24) is 4.98 Å². The first kappa shape index (κ1) is 17.4. The summed E-state index contributed by atoms with van der Waals surface area (Å²) in [6, 6.07) is 16.6. The number of rotatable bonds is 2. The zero-order chi connectivity index (χ0) is 18.4. The number of benzene rings is 2. The first-order valence-corrected chi connectivity index (χ1v) is 8.87. The van der Waals surface area contributed by atoms with Gasteiger partial charge in [-0.1, -0.05) is 30.0 Å². The smallest absolute Gasteiger partial charge is 0.286 e. The summed E-state index contributed by atoms with van der Waals surface area (Å²) in [5.74, 6) is 5.38. The Bertz CT molecular complexity index is 1080. The zero-order valence-electron chi connectivity index (χ0n) is 13.5. The summed E-state index contributed by atoms with van der Waals surface area (Å²) < 4.78 is 15.9. The van der Waals surface area contributed by atoms with E-state index in [2.05, 4.69) is 21.2 Å². The molecular weight excluding hydrogens is 348 g/mol. The molecule has 0 aliphatic heterocycles. The summed E-state index contributed by atoms with van der Waals surface area (Å²) in [6.45, 7) is 0. The maximum Gasteiger partial charge on any atom is 0.286 e. The molecule has 0 aliphatic carbocycles. The van der Waals surface area contributed by atoms with Gasteiger partial charge in [0.15, 0.2) is 0 Å². The van der Waals surface area contributed by atoms with Gasteiger partial charge in [0.05, 0.1) is 16.2 Å². The van der Waals surface area contributed by atoms with Gasteiger partial charge in [-0.05, 0) is 42.5 Å². The molecule has 6 heteroatoms. The Morgan fingerprint density at radius 3 is 2.38 bits per heavy atom. The van der Waals surface area contributed by atoms with Gasteiger partial charge in [0.1, 0.15) is 5.75 Å². The lowest BCUT2D eigenvalue weighted by atomic mass is 10.1. The van der Waals surface area contributed by atoms with Gasteiger partial charge in [0, 0.05) is 28.4 Å². The number of phenolic OH excluding ortho intramolecular Hbond substituents is 1. The van der Waals surface area contributed by atoms with Gasteiger partial charge in [-0.25, -0.2) is 4.21 Å². The lowest BCUT2D eigenvalue weighted by Crippen LogP contribution is -1.97. The summed E-state index contributed by atoms with van der Waals surface area (Å²) in [7, 11) is -2.16. The van der Waals surface area contributed by atoms with Gasteiger partial charge in [-0.2, -0.15) is 4.36 Å².